The zero-order chi connectivity index (χ0) is 34.1. The van der Waals surface area contributed by atoms with E-state index in [1.807, 2.05) is 51.9 Å². The lowest BCUT2D eigenvalue weighted by Crippen LogP contribution is -2.49. The number of carbonyl (C=O) groups excluding carboxylic acids is 2. The zero-order valence-electron chi connectivity index (χ0n) is 28.1. The standard InChI is InChI=1S/C38H41N5O6/c1-47-33-20-27(21-34(48-2)36(33)49-3)37(45)39-30-19-26(38(46)41-16-14-40(15-17-41)29-8-5-4-6-9-29)12-13-32(30)42-22-25-18-28(24-42)31-10-7-11-35(44)43(31)23-25/h4-13,19-21,25,28H,14-18,22-24H2,1-3H3,(H,39,45)/t25-,28-/m0/s1. The molecule has 0 unspecified atom stereocenters. The van der Waals surface area contributed by atoms with E-state index in [-0.39, 0.29) is 29.2 Å². The Morgan fingerprint density at radius 3 is 2.16 bits per heavy atom. The van der Waals surface area contributed by atoms with E-state index in [0.29, 0.717) is 60.2 Å². The first-order valence-electron chi connectivity index (χ1n) is 16.7. The Balaban J connectivity index is 1.19. The van der Waals surface area contributed by atoms with Crippen molar-refractivity contribution in [1.29, 1.82) is 0 Å². The number of methoxy groups -OCH3 is 3. The van der Waals surface area contributed by atoms with Crippen LogP contribution in [0.15, 0.2) is 83.7 Å². The van der Waals surface area contributed by atoms with Crippen molar-refractivity contribution < 1.29 is 23.8 Å². The summed E-state index contributed by atoms with van der Waals surface area (Å²) in [5, 5.41) is 3.12. The maximum atomic E-state index is 13.9. The van der Waals surface area contributed by atoms with E-state index < -0.39 is 0 Å². The number of para-hydroxylation sites is 1. The molecule has 2 amide bonds. The van der Waals surface area contributed by atoms with E-state index in [9.17, 15) is 14.4 Å². The molecule has 2 saturated heterocycles. The lowest BCUT2D eigenvalue weighted by atomic mass is 9.83. The number of rotatable bonds is 8. The molecule has 7 rings (SSSR count). The van der Waals surface area contributed by atoms with Gasteiger partial charge >= 0.3 is 0 Å². The van der Waals surface area contributed by atoms with Crippen molar-refractivity contribution in [3.05, 3.63) is 106 Å². The number of pyridine rings is 1. The molecule has 11 nitrogen and oxygen atoms in total. The van der Waals surface area contributed by atoms with Crippen molar-refractivity contribution in [2.24, 2.45) is 5.92 Å². The Bertz CT molecular complexity index is 1890. The number of benzene rings is 3. The molecule has 3 aliphatic rings. The van der Waals surface area contributed by atoms with Gasteiger partial charge in [-0.2, -0.15) is 0 Å². The first-order valence-corrected chi connectivity index (χ1v) is 16.7. The average molecular weight is 664 g/mol. The highest BCUT2D eigenvalue weighted by Crippen LogP contribution is 2.41. The molecule has 0 radical (unpaired) electrons. The molecule has 2 bridgehead atoms. The summed E-state index contributed by atoms with van der Waals surface area (Å²) >= 11 is 0. The minimum Gasteiger partial charge on any atom is -0.493 e. The van der Waals surface area contributed by atoms with Crippen LogP contribution in [0.1, 0.15) is 38.7 Å². The van der Waals surface area contributed by atoms with Gasteiger partial charge in [-0.1, -0.05) is 24.3 Å². The molecule has 4 heterocycles. The predicted octanol–water partition coefficient (Wildman–Crippen LogP) is 4.71. The fourth-order valence-corrected chi connectivity index (χ4v) is 7.53. The number of piperazine rings is 1. The minimum absolute atomic E-state index is 0.0337. The van der Waals surface area contributed by atoms with Crippen LogP contribution < -0.4 is 34.9 Å². The quantitative estimate of drug-likeness (QED) is 0.289. The predicted molar refractivity (Wildman–Crippen MR) is 189 cm³/mol. The van der Waals surface area contributed by atoms with E-state index in [2.05, 4.69) is 27.2 Å². The molecule has 1 N–H and O–H groups in total. The second kappa shape index (κ2) is 13.6. The molecule has 2 atom stereocenters. The van der Waals surface area contributed by atoms with Gasteiger partial charge in [0.1, 0.15) is 0 Å². The van der Waals surface area contributed by atoms with Gasteiger partial charge in [-0.3, -0.25) is 14.4 Å². The molecule has 3 aliphatic heterocycles. The number of amides is 2. The van der Waals surface area contributed by atoms with Crippen LogP contribution in [0.25, 0.3) is 0 Å². The number of anilines is 3. The summed E-state index contributed by atoms with van der Waals surface area (Å²) in [5.74, 6) is 1.10. The third-order valence-electron chi connectivity index (χ3n) is 9.93. The molecule has 3 aromatic carbocycles. The lowest BCUT2D eigenvalue weighted by Gasteiger charge is -2.44. The van der Waals surface area contributed by atoms with Crippen LogP contribution in [-0.4, -0.2) is 81.9 Å². The van der Waals surface area contributed by atoms with Crippen molar-refractivity contribution in [2.75, 3.05) is 75.7 Å². The Kier molecular flexibility index (Phi) is 8.90. The molecule has 0 saturated carbocycles. The van der Waals surface area contributed by atoms with Gasteiger partial charge in [0, 0.05) is 80.3 Å². The van der Waals surface area contributed by atoms with Crippen LogP contribution in [-0.2, 0) is 6.54 Å². The van der Waals surface area contributed by atoms with Crippen LogP contribution in [0.2, 0.25) is 0 Å². The van der Waals surface area contributed by atoms with Crippen LogP contribution in [0.4, 0.5) is 17.1 Å². The van der Waals surface area contributed by atoms with Gasteiger partial charge < -0.3 is 38.8 Å². The number of carbonyl (C=O) groups is 2. The summed E-state index contributed by atoms with van der Waals surface area (Å²) in [6, 6.07) is 24.5. The molecule has 254 valence electrons. The Hall–Kier alpha value is -5.45. The number of nitrogens with one attached hydrogen (secondary N) is 1. The summed E-state index contributed by atoms with van der Waals surface area (Å²) in [5.41, 5.74) is 4.41. The summed E-state index contributed by atoms with van der Waals surface area (Å²) in [7, 11) is 4.52. The second-order valence-corrected chi connectivity index (χ2v) is 12.8. The van der Waals surface area contributed by atoms with Crippen LogP contribution in [0.5, 0.6) is 17.2 Å². The first-order chi connectivity index (χ1) is 23.9. The highest BCUT2D eigenvalue weighted by molar-refractivity contribution is 6.08. The Labute approximate surface area is 285 Å². The molecule has 0 spiro atoms. The number of nitrogens with zero attached hydrogens (tertiary/aromatic N) is 4. The summed E-state index contributed by atoms with van der Waals surface area (Å²) in [6.45, 7) is 4.72. The first kappa shape index (κ1) is 32.1. The third kappa shape index (κ3) is 6.28. The van der Waals surface area contributed by atoms with Crippen molar-refractivity contribution in [3.8, 4) is 17.2 Å². The second-order valence-electron chi connectivity index (χ2n) is 12.8. The average Bonchev–Trinajstić information content (AvgIpc) is 3.14. The monoisotopic (exact) mass is 663 g/mol. The van der Waals surface area contributed by atoms with Gasteiger partial charge in [-0.15, -0.1) is 0 Å². The number of ether oxygens (including phenoxy) is 3. The van der Waals surface area contributed by atoms with Crippen LogP contribution in [0, 0.1) is 5.92 Å². The molecule has 4 aromatic rings. The summed E-state index contributed by atoms with van der Waals surface area (Å²) < 4.78 is 18.4. The molecular weight excluding hydrogens is 622 g/mol. The van der Waals surface area contributed by atoms with Gasteiger partial charge in [0.15, 0.2) is 11.5 Å². The SMILES string of the molecule is COc1cc(C(=O)Nc2cc(C(=O)N3CCN(c4ccccc4)CC3)ccc2N2C[C@@H]3C[C@@H](C2)c2cccc(=O)n2C3)cc(OC)c1OC. The highest BCUT2D eigenvalue weighted by atomic mass is 16.5. The Morgan fingerprint density at radius 1 is 0.735 bits per heavy atom. The lowest BCUT2D eigenvalue weighted by molar-refractivity contribution is 0.0746. The van der Waals surface area contributed by atoms with Gasteiger partial charge in [0.25, 0.3) is 17.4 Å². The zero-order valence-corrected chi connectivity index (χ0v) is 28.1. The van der Waals surface area contributed by atoms with Crippen LogP contribution >= 0.6 is 0 Å². The van der Waals surface area contributed by atoms with Gasteiger partial charge in [-0.05, 0) is 60.9 Å². The van der Waals surface area contributed by atoms with Gasteiger partial charge in [0.2, 0.25) is 5.75 Å². The maximum absolute atomic E-state index is 13.9. The van der Waals surface area contributed by atoms with Gasteiger partial charge in [-0.25, -0.2) is 0 Å². The molecular formula is C38H41N5O6. The molecule has 49 heavy (non-hydrogen) atoms. The van der Waals surface area contributed by atoms with Crippen molar-refractivity contribution in [3.63, 3.8) is 0 Å². The van der Waals surface area contributed by atoms with E-state index in [1.165, 1.54) is 21.3 Å². The maximum Gasteiger partial charge on any atom is 0.255 e. The molecule has 0 aliphatic carbocycles. The third-order valence-corrected chi connectivity index (χ3v) is 9.93. The largest absolute Gasteiger partial charge is 0.493 e. The fraction of sp³-hybridized carbons (Fsp3) is 0.342. The number of hydrogen-bond donors (Lipinski definition) is 1. The summed E-state index contributed by atoms with van der Waals surface area (Å²) in [4.78, 5) is 46.9. The number of piperidine rings is 1. The van der Waals surface area contributed by atoms with Gasteiger partial charge in [0.05, 0.1) is 32.7 Å². The summed E-state index contributed by atoms with van der Waals surface area (Å²) in [6.07, 6.45) is 0.999. The Morgan fingerprint density at radius 2 is 1.47 bits per heavy atom. The fourth-order valence-electron chi connectivity index (χ4n) is 7.53. The van der Waals surface area contributed by atoms with E-state index in [1.54, 1.807) is 24.3 Å². The number of hydrogen-bond acceptors (Lipinski definition) is 8. The van der Waals surface area contributed by atoms with Crippen LogP contribution in [0.3, 0.4) is 0 Å². The number of aromatic nitrogens is 1. The number of fused-ring (bicyclic) bond motifs is 4. The normalized spacial score (nSPS) is 18.4. The minimum atomic E-state index is -0.379. The molecule has 2 fully saturated rings. The van der Waals surface area contributed by atoms with E-state index in [0.717, 1.165) is 43.1 Å². The molecule has 11 heteroatoms. The van der Waals surface area contributed by atoms with Crippen molar-refractivity contribution >= 4 is 28.9 Å². The smallest absolute Gasteiger partial charge is 0.255 e. The van der Waals surface area contributed by atoms with Crippen molar-refractivity contribution in [1.82, 2.24) is 9.47 Å². The molecule has 1 aromatic heterocycles. The van der Waals surface area contributed by atoms with E-state index >= 15 is 0 Å². The topological polar surface area (TPSA) is 106 Å². The highest BCUT2D eigenvalue weighted by Gasteiger charge is 2.36. The van der Waals surface area contributed by atoms with Crippen molar-refractivity contribution in [2.45, 2.75) is 18.9 Å². The van der Waals surface area contributed by atoms with E-state index in [4.69, 9.17) is 14.2 Å².